The van der Waals surface area contributed by atoms with Crippen molar-refractivity contribution >= 4 is 0 Å². The molecule has 2 fully saturated rings. The summed E-state index contributed by atoms with van der Waals surface area (Å²) in [6.45, 7) is 2.75. The van der Waals surface area contributed by atoms with Crippen LogP contribution < -0.4 is 5.73 Å². The van der Waals surface area contributed by atoms with Gasteiger partial charge in [0, 0.05) is 19.3 Å². The molecule has 0 amide bonds. The summed E-state index contributed by atoms with van der Waals surface area (Å²) >= 11 is 0. The van der Waals surface area contributed by atoms with Gasteiger partial charge in [-0.25, -0.2) is 0 Å². The molecular weight excluding hydrogens is 160 g/mol. The fraction of sp³-hybridized carbons (Fsp3) is 1.00. The van der Waals surface area contributed by atoms with Crippen molar-refractivity contribution in [1.29, 1.82) is 0 Å². The van der Waals surface area contributed by atoms with Gasteiger partial charge in [-0.1, -0.05) is 6.42 Å². The van der Waals surface area contributed by atoms with Crippen LogP contribution in [0.2, 0.25) is 0 Å². The quantitative estimate of drug-likeness (QED) is 0.613. The van der Waals surface area contributed by atoms with Crippen molar-refractivity contribution in [3.63, 3.8) is 0 Å². The third kappa shape index (κ3) is 1.75. The molecule has 2 N–H and O–H groups in total. The van der Waals surface area contributed by atoms with Crippen molar-refractivity contribution in [3.05, 3.63) is 0 Å². The van der Waals surface area contributed by atoms with E-state index < -0.39 is 0 Å². The Morgan fingerprint density at radius 2 is 1.62 bits per heavy atom. The van der Waals surface area contributed by atoms with E-state index in [0.717, 1.165) is 6.04 Å². The number of likely N-dealkylation sites (tertiary alicyclic amines) is 1. The molecule has 13 heavy (non-hydrogen) atoms. The number of likely N-dealkylation sites (N-methyl/N-ethyl adjacent to an activating group) is 1. The minimum absolute atomic E-state index is 0.483. The summed E-state index contributed by atoms with van der Waals surface area (Å²) < 4.78 is 1.28. The van der Waals surface area contributed by atoms with Gasteiger partial charge in [-0.15, -0.1) is 0 Å². The van der Waals surface area contributed by atoms with Gasteiger partial charge in [0.05, 0.1) is 26.2 Å². The topological polar surface area (TPSA) is 26.0 Å². The van der Waals surface area contributed by atoms with Crippen LogP contribution in [0.3, 0.4) is 0 Å². The molecule has 0 aromatic rings. The van der Waals surface area contributed by atoms with Crippen molar-refractivity contribution < 1.29 is 4.48 Å². The monoisotopic (exact) mass is 183 g/mol. The van der Waals surface area contributed by atoms with Gasteiger partial charge in [-0.2, -0.15) is 0 Å². The van der Waals surface area contributed by atoms with E-state index in [1.165, 1.54) is 56.1 Å². The van der Waals surface area contributed by atoms with E-state index in [2.05, 4.69) is 7.05 Å². The summed E-state index contributed by atoms with van der Waals surface area (Å²) in [6.07, 6.45) is 8.24. The first-order valence-electron chi connectivity index (χ1n) is 5.82. The molecule has 0 aromatic heterocycles. The molecule has 0 aromatic carbocycles. The highest BCUT2D eigenvalue weighted by molar-refractivity contribution is 4.80. The lowest BCUT2D eigenvalue weighted by molar-refractivity contribution is -0.924. The van der Waals surface area contributed by atoms with Gasteiger partial charge >= 0.3 is 0 Å². The zero-order chi connectivity index (χ0) is 9.31. The number of hydrogen-bond donors (Lipinski definition) is 1. The maximum atomic E-state index is 6.23. The smallest absolute Gasteiger partial charge is 0.104 e. The predicted molar refractivity (Wildman–Crippen MR) is 55.4 cm³/mol. The fourth-order valence-corrected chi connectivity index (χ4v) is 3.30. The summed E-state index contributed by atoms with van der Waals surface area (Å²) in [7, 11) is 2.42. The van der Waals surface area contributed by atoms with Crippen LogP contribution in [-0.2, 0) is 0 Å². The summed E-state index contributed by atoms with van der Waals surface area (Å²) in [4.78, 5) is 0. The van der Waals surface area contributed by atoms with Gasteiger partial charge in [0.25, 0.3) is 0 Å². The van der Waals surface area contributed by atoms with Crippen LogP contribution in [0, 0.1) is 0 Å². The first-order chi connectivity index (χ1) is 6.22. The number of nitrogens with zero attached hydrogens (tertiary/aromatic N) is 1. The van der Waals surface area contributed by atoms with E-state index in [1.54, 1.807) is 0 Å². The van der Waals surface area contributed by atoms with E-state index in [0.29, 0.717) is 6.04 Å². The van der Waals surface area contributed by atoms with Crippen LogP contribution in [-0.4, -0.2) is 36.7 Å². The van der Waals surface area contributed by atoms with Crippen molar-refractivity contribution in [3.8, 4) is 0 Å². The highest BCUT2D eigenvalue weighted by atomic mass is 15.4. The lowest BCUT2D eigenvalue weighted by Crippen LogP contribution is -2.58. The average Bonchev–Trinajstić information content (AvgIpc) is 2.54. The minimum Gasteiger partial charge on any atom is -0.323 e. The molecule has 2 heteroatoms. The molecule has 2 nitrogen and oxygen atoms in total. The number of nitrogens with two attached hydrogens (primary N) is 1. The highest BCUT2D eigenvalue weighted by Crippen LogP contribution is 2.30. The van der Waals surface area contributed by atoms with Gasteiger partial charge in [0.15, 0.2) is 0 Å². The van der Waals surface area contributed by atoms with Crippen molar-refractivity contribution in [2.75, 3.05) is 20.1 Å². The van der Waals surface area contributed by atoms with Gasteiger partial charge < -0.3 is 10.2 Å². The summed E-state index contributed by atoms with van der Waals surface area (Å²) in [5.41, 5.74) is 6.23. The second-order valence-electron chi connectivity index (χ2n) is 5.15. The Hall–Kier alpha value is -0.0800. The Morgan fingerprint density at radius 1 is 1.00 bits per heavy atom. The van der Waals surface area contributed by atoms with Crippen molar-refractivity contribution in [1.82, 2.24) is 0 Å². The summed E-state index contributed by atoms with van der Waals surface area (Å²) in [5.74, 6) is 0. The molecule has 1 aliphatic heterocycles. The van der Waals surface area contributed by atoms with Crippen LogP contribution in [0.5, 0.6) is 0 Å². The first-order valence-corrected chi connectivity index (χ1v) is 5.82. The van der Waals surface area contributed by atoms with Gasteiger partial charge in [0.1, 0.15) is 6.04 Å². The Labute approximate surface area is 81.7 Å². The number of quaternary nitrogens is 1. The Bertz CT molecular complexity index is 173. The average molecular weight is 183 g/mol. The third-order valence-corrected chi connectivity index (χ3v) is 4.17. The minimum atomic E-state index is 0.483. The Kier molecular flexibility index (Phi) is 2.61. The summed E-state index contributed by atoms with van der Waals surface area (Å²) in [5, 5.41) is 0. The second-order valence-corrected chi connectivity index (χ2v) is 5.15. The van der Waals surface area contributed by atoms with Crippen LogP contribution >= 0.6 is 0 Å². The normalized spacial score (nSPS) is 39.2. The molecule has 1 heterocycles. The standard InChI is InChI=1S/C11H23N2/c1-13(8-4-5-9-13)11-7-3-2-6-10(11)12/h10-11H,2-9,12H2,1H3/q+1. The second kappa shape index (κ2) is 3.58. The maximum absolute atomic E-state index is 6.23. The molecule has 2 aliphatic rings. The van der Waals surface area contributed by atoms with E-state index >= 15 is 0 Å². The van der Waals surface area contributed by atoms with Crippen LogP contribution in [0.4, 0.5) is 0 Å². The highest BCUT2D eigenvalue weighted by Gasteiger charge is 2.40. The molecule has 2 unspecified atom stereocenters. The van der Waals surface area contributed by atoms with E-state index in [9.17, 15) is 0 Å². The molecule has 0 spiro atoms. The van der Waals surface area contributed by atoms with Crippen LogP contribution in [0.15, 0.2) is 0 Å². The van der Waals surface area contributed by atoms with Crippen LogP contribution in [0.25, 0.3) is 0 Å². The lowest BCUT2D eigenvalue weighted by Gasteiger charge is -2.43. The zero-order valence-corrected chi connectivity index (χ0v) is 8.84. The molecule has 1 aliphatic carbocycles. The van der Waals surface area contributed by atoms with Crippen molar-refractivity contribution in [2.24, 2.45) is 5.73 Å². The Morgan fingerprint density at radius 3 is 2.23 bits per heavy atom. The molecule has 0 bridgehead atoms. The fourth-order valence-electron chi connectivity index (χ4n) is 3.30. The third-order valence-electron chi connectivity index (χ3n) is 4.17. The summed E-state index contributed by atoms with van der Waals surface area (Å²) in [6, 6.07) is 1.26. The van der Waals surface area contributed by atoms with Gasteiger partial charge in [-0.05, 0) is 12.8 Å². The number of rotatable bonds is 1. The molecular formula is C11H23N2+. The molecule has 1 saturated carbocycles. The van der Waals surface area contributed by atoms with Gasteiger partial charge in [-0.3, -0.25) is 0 Å². The van der Waals surface area contributed by atoms with Gasteiger partial charge in [0.2, 0.25) is 0 Å². The van der Waals surface area contributed by atoms with E-state index in [-0.39, 0.29) is 0 Å². The molecule has 2 rings (SSSR count). The molecule has 2 atom stereocenters. The van der Waals surface area contributed by atoms with Crippen LogP contribution in [0.1, 0.15) is 38.5 Å². The number of hydrogen-bond acceptors (Lipinski definition) is 1. The van der Waals surface area contributed by atoms with E-state index in [4.69, 9.17) is 5.73 Å². The molecule has 0 radical (unpaired) electrons. The Balaban J connectivity index is 2.04. The lowest BCUT2D eigenvalue weighted by atomic mass is 9.89. The van der Waals surface area contributed by atoms with Crippen molar-refractivity contribution in [2.45, 2.75) is 50.6 Å². The SMILES string of the molecule is C[N+]1(C2CCCCC2N)CCCC1. The molecule has 1 saturated heterocycles. The largest absolute Gasteiger partial charge is 0.323 e. The van der Waals surface area contributed by atoms with E-state index in [1.807, 2.05) is 0 Å². The first kappa shape index (κ1) is 9.47. The molecule has 76 valence electrons. The zero-order valence-electron chi connectivity index (χ0n) is 8.84. The maximum Gasteiger partial charge on any atom is 0.104 e. The predicted octanol–water partition coefficient (Wildman–Crippen LogP) is 1.50.